The summed E-state index contributed by atoms with van der Waals surface area (Å²) in [6, 6.07) is 9.14. The third kappa shape index (κ3) is 3.14. The van der Waals surface area contributed by atoms with E-state index >= 15 is 0 Å². The zero-order valence-corrected chi connectivity index (χ0v) is 8.03. The Balaban J connectivity index is 2.73. The Kier molecular flexibility index (Phi) is 3.88. The van der Waals surface area contributed by atoms with E-state index in [2.05, 4.69) is 4.28 Å². The fourth-order valence-corrected chi connectivity index (χ4v) is 1.29. The first-order valence-corrected chi connectivity index (χ1v) is 4.89. The van der Waals surface area contributed by atoms with Gasteiger partial charge in [-0.3, -0.25) is 4.55 Å². The fraction of sp³-hybridized carbons (Fsp3) is 0.250. The number of benzene rings is 1. The second kappa shape index (κ2) is 4.96. The maximum atomic E-state index is 10.4. The van der Waals surface area contributed by atoms with Gasteiger partial charge < -0.3 is 0 Å². The van der Waals surface area contributed by atoms with Gasteiger partial charge in [0.1, 0.15) is 0 Å². The van der Waals surface area contributed by atoms with E-state index in [0.29, 0.717) is 6.54 Å². The molecular formula is C8H11NO3S. The molecule has 0 saturated carbocycles. The Hall–Kier alpha value is -0.910. The Morgan fingerprint density at radius 2 is 2.08 bits per heavy atom. The summed E-state index contributed by atoms with van der Waals surface area (Å²) >= 11 is -2.27. The quantitative estimate of drug-likeness (QED) is 0.593. The molecule has 0 bridgehead atoms. The summed E-state index contributed by atoms with van der Waals surface area (Å²) in [7, 11) is 0. The molecule has 0 radical (unpaired) electrons. The number of rotatable bonds is 4. The van der Waals surface area contributed by atoms with Gasteiger partial charge >= 0.3 is 11.4 Å². The number of hydrogen-bond donors (Lipinski definition) is 1. The largest absolute Gasteiger partial charge is 0.325 e. The minimum Gasteiger partial charge on any atom is -0.282 e. The molecule has 72 valence electrons. The highest BCUT2D eigenvalue weighted by Gasteiger charge is 2.06. The first-order chi connectivity index (χ1) is 6.24. The molecule has 1 aromatic carbocycles. The van der Waals surface area contributed by atoms with Crippen molar-refractivity contribution in [3.05, 3.63) is 30.3 Å². The Labute approximate surface area is 79.6 Å². The van der Waals surface area contributed by atoms with E-state index in [1.54, 1.807) is 12.1 Å². The van der Waals surface area contributed by atoms with Crippen LogP contribution >= 0.6 is 0 Å². The Morgan fingerprint density at radius 3 is 2.54 bits per heavy atom. The minimum atomic E-state index is -2.27. The summed E-state index contributed by atoms with van der Waals surface area (Å²) < 4.78 is 23.6. The lowest BCUT2D eigenvalue weighted by molar-refractivity contribution is 0.279. The number of hydroxylamine groups is 1. The van der Waals surface area contributed by atoms with Gasteiger partial charge in [-0.1, -0.05) is 18.2 Å². The zero-order chi connectivity index (χ0) is 9.68. The van der Waals surface area contributed by atoms with Crippen LogP contribution < -0.4 is 5.06 Å². The van der Waals surface area contributed by atoms with Crippen molar-refractivity contribution in [2.45, 2.75) is 6.92 Å². The van der Waals surface area contributed by atoms with Crippen molar-refractivity contribution in [2.24, 2.45) is 0 Å². The van der Waals surface area contributed by atoms with Gasteiger partial charge in [0, 0.05) is 6.54 Å². The highest BCUT2D eigenvalue weighted by molar-refractivity contribution is 7.74. The van der Waals surface area contributed by atoms with Crippen LogP contribution in [-0.4, -0.2) is 15.3 Å². The van der Waals surface area contributed by atoms with E-state index in [9.17, 15) is 4.21 Å². The van der Waals surface area contributed by atoms with Crippen LogP contribution in [0.2, 0.25) is 0 Å². The summed E-state index contributed by atoms with van der Waals surface area (Å²) in [4.78, 5) is 0. The van der Waals surface area contributed by atoms with Gasteiger partial charge in [-0.05, 0) is 19.1 Å². The number of para-hydroxylation sites is 1. The highest BCUT2D eigenvalue weighted by atomic mass is 32.2. The normalized spacial score (nSPS) is 12.5. The second-order valence-electron chi connectivity index (χ2n) is 2.32. The molecule has 4 nitrogen and oxygen atoms in total. The summed E-state index contributed by atoms with van der Waals surface area (Å²) in [5.74, 6) is 0. The molecule has 0 aromatic heterocycles. The molecule has 0 amide bonds. The van der Waals surface area contributed by atoms with Crippen molar-refractivity contribution in [3.8, 4) is 0 Å². The molecule has 1 unspecified atom stereocenters. The van der Waals surface area contributed by atoms with Crippen molar-refractivity contribution in [1.82, 2.24) is 0 Å². The van der Waals surface area contributed by atoms with E-state index < -0.39 is 11.4 Å². The lowest BCUT2D eigenvalue weighted by Crippen LogP contribution is -2.23. The zero-order valence-electron chi connectivity index (χ0n) is 7.21. The molecule has 0 heterocycles. The summed E-state index contributed by atoms with van der Waals surface area (Å²) in [6.45, 7) is 2.34. The average Bonchev–Trinajstić information content (AvgIpc) is 2.15. The molecule has 1 atom stereocenters. The lowest BCUT2D eigenvalue weighted by atomic mass is 10.3. The predicted octanol–water partition coefficient (Wildman–Crippen LogP) is 1.58. The van der Waals surface area contributed by atoms with Crippen molar-refractivity contribution >= 4 is 17.0 Å². The topological polar surface area (TPSA) is 49.8 Å². The van der Waals surface area contributed by atoms with E-state index in [-0.39, 0.29) is 0 Å². The molecule has 0 aliphatic carbocycles. The first kappa shape index (κ1) is 10.2. The molecule has 1 aromatic rings. The molecule has 1 rings (SSSR count). The molecule has 0 aliphatic heterocycles. The molecule has 0 fully saturated rings. The van der Waals surface area contributed by atoms with Gasteiger partial charge in [0.2, 0.25) is 0 Å². The van der Waals surface area contributed by atoms with Crippen molar-refractivity contribution in [3.63, 3.8) is 0 Å². The van der Waals surface area contributed by atoms with Crippen LogP contribution in [0.5, 0.6) is 0 Å². The van der Waals surface area contributed by atoms with Crippen molar-refractivity contribution < 1.29 is 13.0 Å². The third-order valence-corrected chi connectivity index (χ3v) is 1.79. The molecule has 0 aliphatic rings. The monoisotopic (exact) mass is 201 g/mol. The smallest absolute Gasteiger partial charge is 0.282 e. The van der Waals surface area contributed by atoms with Crippen LogP contribution in [-0.2, 0) is 15.6 Å². The maximum absolute atomic E-state index is 10.4. The number of hydrogen-bond acceptors (Lipinski definition) is 3. The fourth-order valence-electron chi connectivity index (χ4n) is 0.950. The summed E-state index contributed by atoms with van der Waals surface area (Å²) in [6.07, 6.45) is 0. The molecule has 5 heteroatoms. The molecule has 13 heavy (non-hydrogen) atoms. The predicted molar refractivity (Wildman–Crippen MR) is 51.3 cm³/mol. The summed E-state index contributed by atoms with van der Waals surface area (Å²) in [5, 5.41) is 1.36. The van der Waals surface area contributed by atoms with Crippen LogP contribution in [0.25, 0.3) is 0 Å². The Bertz CT molecular complexity index is 278. The van der Waals surface area contributed by atoms with Crippen molar-refractivity contribution in [1.29, 1.82) is 0 Å². The van der Waals surface area contributed by atoms with E-state index in [0.717, 1.165) is 5.69 Å². The highest BCUT2D eigenvalue weighted by Crippen LogP contribution is 2.13. The third-order valence-electron chi connectivity index (χ3n) is 1.49. The van der Waals surface area contributed by atoms with Gasteiger partial charge in [-0.15, -0.1) is 4.28 Å². The number of anilines is 1. The molecule has 0 spiro atoms. The maximum Gasteiger partial charge on any atom is 0.325 e. The Morgan fingerprint density at radius 1 is 1.46 bits per heavy atom. The molecule has 1 N–H and O–H groups in total. The van der Waals surface area contributed by atoms with Gasteiger partial charge in [0.25, 0.3) is 0 Å². The van der Waals surface area contributed by atoms with Gasteiger partial charge in [0.05, 0.1) is 5.69 Å². The molecular weight excluding hydrogens is 190 g/mol. The van der Waals surface area contributed by atoms with Crippen LogP contribution in [0.4, 0.5) is 5.69 Å². The minimum absolute atomic E-state index is 0.510. The number of nitrogens with zero attached hydrogens (tertiary/aromatic N) is 1. The molecule has 0 saturated heterocycles. The van der Waals surface area contributed by atoms with Crippen LogP contribution in [0.15, 0.2) is 30.3 Å². The van der Waals surface area contributed by atoms with Gasteiger partial charge in [-0.2, -0.15) is 4.21 Å². The van der Waals surface area contributed by atoms with Crippen LogP contribution in [0, 0.1) is 0 Å². The summed E-state index contributed by atoms with van der Waals surface area (Å²) in [5.41, 5.74) is 0.757. The van der Waals surface area contributed by atoms with E-state index in [1.807, 2.05) is 25.1 Å². The van der Waals surface area contributed by atoms with Gasteiger partial charge in [-0.25, -0.2) is 5.06 Å². The van der Waals surface area contributed by atoms with Gasteiger partial charge in [0.15, 0.2) is 0 Å². The van der Waals surface area contributed by atoms with Crippen LogP contribution in [0.1, 0.15) is 6.92 Å². The van der Waals surface area contributed by atoms with E-state index in [1.165, 1.54) is 5.06 Å². The first-order valence-electron chi connectivity index (χ1n) is 3.86. The SMILES string of the molecule is CCN(OS(=O)O)c1ccccc1. The average molecular weight is 201 g/mol. The second-order valence-corrected chi connectivity index (χ2v) is 2.91. The van der Waals surface area contributed by atoms with Crippen molar-refractivity contribution in [2.75, 3.05) is 11.6 Å². The van der Waals surface area contributed by atoms with E-state index in [4.69, 9.17) is 4.55 Å². The standard InChI is InChI=1S/C8H11NO3S/c1-2-9(12-13(10)11)8-6-4-3-5-7-8/h3-7H,2H2,1H3,(H,10,11). The lowest BCUT2D eigenvalue weighted by Gasteiger charge is -2.18. The van der Waals surface area contributed by atoms with Crippen LogP contribution in [0.3, 0.4) is 0 Å².